The Bertz CT molecular complexity index is 740. The van der Waals surface area contributed by atoms with Crippen LogP contribution in [0.1, 0.15) is 32.3 Å². The predicted octanol–water partition coefficient (Wildman–Crippen LogP) is 4.09. The summed E-state index contributed by atoms with van der Waals surface area (Å²) in [6.45, 7) is 7.25. The van der Waals surface area contributed by atoms with Gasteiger partial charge in [-0.25, -0.2) is 0 Å². The van der Waals surface area contributed by atoms with Gasteiger partial charge >= 0.3 is 5.97 Å². The minimum Gasteiger partial charge on any atom is -0.451 e. The monoisotopic (exact) mass is 355 g/mol. The molecule has 1 spiro atoms. The molecule has 132 valence electrons. The van der Waals surface area contributed by atoms with Crippen molar-refractivity contribution in [1.29, 1.82) is 0 Å². The number of allylic oxidation sites excluding steroid dienone is 4. The first kappa shape index (κ1) is 16.8. The summed E-state index contributed by atoms with van der Waals surface area (Å²) < 4.78 is 6.05. The van der Waals surface area contributed by atoms with Crippen molar-refractivity contribution in [2.75, 3.05) is 19.6 Å². The highest BCUT2D eigenvalue weighted by atomic mass is 32.1. The summed E-state index contributed by atoms with van der Waals surface area (Å²) in [5.41, 5.74) is 0.941. The van der Waals surface area contributed by atoms with Crippen molar-refractivity contribution in [3.05, 3.63) is 58.3 Å². The van der Waals surface area contributed by atoms with Gasteiger partial charge in [0.25, 0.3) is 0 Å². The normalized spacial score (nSPS) is 28.2. The van der Waals surface area contributed by atoms with Crippen molar-refractivity contribution in [1.82, 2.24) is 4.90 Å². The number of thiophene rings is 1. The lowest BCUT2D eigenvalue weighted by atomic mass is 9.69. The Kier molecular flexibility index (Phi) is 4.20. The molecule has 25 heavy (non-hydrogen) atoms. The van der Waals surface area contributed by atoms with Crippen molar-refractivity contribution in [2.24, 2.45) is 5.92 Å². The molecule has 0 saturated carbocycles. The minimum absolute atomic E-state index is 0.126. The molecule has 1 aromatic rings. The van der Waals surface area contributed by atoms with Crippen LogP contribution in [-0.4, -0.2) is 36.1 Å². The highest BCUT2D eigenvalue weighted by Gasteiger charge is 2.64. The van der Waals surface area contributed by atoms with Gasteiger partial charge in [0.05, 0.1) is 0 Å². The molecule has 2 aliphatic heterocycles. The summed E-state index contributed by atoms with van der Waals surface area (Å²) in [6.07, 6.45) is 12.6. The van der Waals surface area contributed by atoms with Gasteiger partial charge in [0.2, 0.25) is 0 Å². The second-order valence-corrected chi connectivity index (χ2v) is 8.32. The van der Waals surface area contributed by atoms with E-state index in [1.54, 1.807) is 11.3 Å². The maximum atomic E-state index is 13.1. The van der Waals surface area contributed by atoms with E-state index in [1.165, 1.54) is 12.8 Å². The van der Waals surface area contributed by atoms with E-state index in [0.29, 0.717) is 0 Å². The van der Waals surface area contributed by atoms with Crippen molar-refractivity contribution >= 4 is 17.3 Å². The number of rotatable bonds is 5. The summed E-state index contributed by atoms with van der Waals surface area (Å²) in [6, 6.07) is 2.05. The Morgan fingerprint density at radius 2 is 2.16 bits per heavy atom. The van der Waals surface area contributed by atoms with Gasteiger partial charge in [-0.15, -0.1) is 0 Å². The van der Waals surface area contributed by atoms with Crippen LogP contribution in [0.3, 0.4) is 0 Å². The van der Waals surface area contributed by atoms with Crippen LogP contribution in [0.2, 0.25) is 0 Å². The molecule has 0 radical (unpaired) electrons. The van der Waals surface area contributed by atoms with E-state index in [9.17, 15) is 4.79 Å². The molecule has 1 aromatic heterocycles. The number of ether oxygens (including phenoxy) is 1. The molecule has 3 nitrogen and oxygen atoms in total. The van der Waals surface area contributed by atoms with Gasteiger partial charge in [-0.2, -0.15) is 11.3 Å². The number of esters is 1. The number of hydrogen-bond acceptors (Lipinski definition) is 4. The zero-order valence-corrected chi connectivity index (χ0v) is 15.7. The molecule has 4 rings (SSSR count). The van der Waals surface area contributed by atoms with Crippen LogP contribution in [0.15, 0.2) is 52.8 Å². The highest BCUT2D eigenvalue weighted by Crippen LogP contribution is 2.53. The van der Waals surface area contributed by atoms with Crippen molar-refractivity contribution < 1.29 is 9.53 Å². The summed E-state index contributed by atoms with van der Waals surface area (Å²) in [7, 11) is 0. The molecule has 2 atom stereocenters. The van der Waals surface area contributed by atoms with Crippen molar-refractivity contribution in [2.45, 2.75) is 37.7 Å². The Labute approximate surface area is 153 Å². The second kappa shape index (κ2) is 6.26. The SMILES string of the molecule is CC[C@H](C)CCN1CC2(C1)OC(=O)[C@]1(c3ccsc3)C=CC=CC=C21. The van der Waals surface area contributed by atoms with Gasteiger partial charge in [0.15, 0.2) is 5.60 Å². The highest BCUT2D eigenvalue weighted by molar-refractivity contribution is 7.08. The maximum absolute atomic E-state index is 13.1. The molecule has 0 aromatic carbocycles. The number of hydrogen-bond donors (Lipinski definition) is 0. The smallest absolute Gasteiger partial charge is 0.325 e. The maximum Gasteiger partial charge on any atom is 0.325 e. The van der Waals surface area contributed by atoms with E-state index in [4.69, 9.17) is 4.74 Å². The summed E-state index contributed by atoms with van der Waals surface area (Å²) >= 11 is 1.63. The standard InChI is InChI=1S/C21H25NO2S/c1-3-16(2)8-11-22-14-20(15-22)18-7-5-4-6-10-21(18,19(23)24-20)17-9-12-25-13-17/h4-7,9-10,12-13,16H,3,8,11,14-15H2,1-2H3/t16-,21-/m0/s1. The van der Waals surface area contributed by atoms with Gasteiger partial charge < -0.3 is 4.74 Å². The topological polar surface area (TPSA) is 29.5 Å². The van der Waals surface area contributed by atoms with E-state index >= 15 is 0 Å². The predicted molar refractivity (Wildman–Crippen MR) is 102 cm³/mol. The molecule has 0 unspecified atom stereocenters. The van der Waals surface area contributed by atoms with Crippen LogP contribution in [0, 0.1) is 5.92 Å². The van der Waals surface area contributed by atoms with E-state index in [1.807, 2.05) is 35.8 Å². The average Bonchev–Trinajstić information content (AvgIpc) is 3.12. The molecule has 0 bridgehead atoms. The molecular formula is C21H25NO2S. The molecule has 0 amide bonds. The lowest BCUT2D eigenvalue weighted by molar-refractivity contribution is -0.162. The third-order valence-electron chi connectivity index (χ3n) is 5.93. The number of carbonyl (C=O) groups excluding carboxylic acids is 1. The van der Waals surface area contributed by atoms with Crippen LogP contribution in [-0.2, 0) is 14.9 Å². The number of carbonyl (C=O) groups is 1. The first-order valence-corrected chi connectivity index (χ1v) is 10.1. The number of fused-ring (bicyclic) bond motifs is 2. The molecule has 3 aliphatic rings. The largest absolute Gasteiger partial charge is 0.451 e. The molecule has 0 N–H and O–H groups in total. The lowest BCUT2D eigenvalue weighted by Gasteiger charge is -2.48. The van der Waals surface area contributed by atoms with Gasteiger partial charge in [0, 0.05) is 18.7 Å². The van der Waals surface area contributed by atoms with Crippen molar-refractivity contribution in [3.63, 3.8) is 0 Å². The zero-order valence-electron chi connectivity index (χ0n) is 14.9. The fourth-order valence-electron chi connectivity index (χ4n) is 4.17. The van der Waals surface area contributed by atoms with Crippen LogP contribution < -0.4 is 0 Å². The molecular weight excluding hydrogens is 330 g/mol. The van der Waals surface area contributed by atoms with Crippen LogP contribution in [0.4, 0.5) is 0 Å². The molecule has 2 fully saturated rings. The molecule has 3 heterocycles. The van der Waals surface area contributed by atoms with Crippen LogP contribution in [0.5, 0.6) is 0 Å². The van der Waals surface area contributed by atoms with Crippen LogP contribution >= 0.6 is 11.3 Å². The number of likely N-dealkylation sites (tertiary alicyclic amines) is 1. The summed E-state index contributed by atoms with van der Waals surface area (Å²) in [4.78, 5) is 15.5. The van der Waals surface area contributed by atoms with Crippen molar-refractivity contribution in [3.8, 4) is 0 Å². The third-order valence-corrected chi connectivity index (χ3v) is 6.61. The zero-order chi connectivity index (χ0) is 17.5. The van der Waals surface area contributed by atoms with E-state index in [-0.39, 0.29) is 5.97 Å². The second-order valence-electron chi connectivity index (χ2n) is 7.54. The first-order valence-electron chi connectivity index (χ1n) is 9.16. The Hall–Kier alpha value is -1.65. The van der Waals surface area contributed by atoms with Gasteiger partial charge in [0.1, 0.15) is 5.41 Å². The summed E-state index contributed by atoms with van der Waals surface area (Å²) in [5.74, 6) is 0.620. The van der Waals surface area contributed by atoms with E-state index in [2.05, 4.69) is 30.2 Å². The van der Waals surface area contributed by atoms with Gasteiger partial charge in [-0.1, -0.05) is 50.6 Å². The minimum atomic E-state index is -0.744. The fourth-order valence-corrected chi connectivity index (χ4v) is 4.89. The van der Waals surface area contributed by atoms with Gasteiger partial charge in [-0.3, -0.25) is 9.69 Å². The molecule has 4 heteroatoms. The Balaban J connectivity index is 1.61. The quantitative estimate of drug-likeness (QED) is 0.745. The fraction of sp³-hybridized carbons (Fsp3) is 0.476. The Morgan fingerprint density at radius 3 is 2.88 bits per heavy atom. The summed E-state index contributed by atoms with van der Waals surface area (Å²) in [5, 5.41) is 4.11. The molecule has 2 saturated heterocycles. The average molecular weight is 356 g/mol. The lowest BCUT2D eigenvalue weighted by Crippen LogP contribution is -2.63. The number of nitrogens with zero attached hydrogens (tertiary/aromatic N) is 1. The van der Waals surface area contributed by atoms with Gasteiger partial charge in [-0.05, 0) is 41.3 Å². The first-order chi connectivity index (χ1) is 12.1. The van der Waals surface area contributed by atoms with Crippen LogP contribution in [0.25, 0.3) is 0 Å². The molecule has 1 aliphatic carbocycles. The third kappa shape index (κ3) is 2.54. The van der Waals surface area contributed by atoms with E-state index in [0.717, 1.165) is 36.7 Å². The Morgan fingerprint density at radius 1 is 1.32 bits per heavy atom. The van der Waals surface area contributed by atoms with E-state index < -0.39 is 11.0 Å².